The zero-order chi connectivity index (χ0) is 12.7. The van der Waals surface area contributed by atoms with E-state index in [1.165, 1.54) is 0 Å². The van der Waals surface area contributed by atoms with Crippen LogP contribution in [0, 0.1) is 11.3 Å². The van der Waals surface area contributed by atoms with E-state index in [1.807, 2.05) is 13.8 Å². The fraction of sp³-hybridized carbons (Fsp3) is 0.583. The molecule has 1 heterocycles. The van der Waals surface area contributed by atoms with Crippen LogP contribution in [0.5, 0.6) is 0 Å². The Labute approximate surface area is 107 Å². The van der Waals surface area contributed by atoms with Crippen LogP contribution in [0.3, 0.4) is 0 Å². The molecule has 0 bridgehead atoms. The van der Waals surface area contributed by atoms with Crippen molar-refractivity contribution in [1.29, 1.82) is 5.26 Å². The van der Waals surface area contributed by atoms with Crippen LogP contribution in [-0.4, -0.2) is 27.3 Å². The van der Waals surface area contributed by atoms with Crippen molar-refractivity contribution in [2.45, 2.75) is 43.1 Å². The standard InChI is InChI=1S/C12H18N4S/c1-4-16-12(3,9-13)8-10(2)17-11-14-6-5-7-15-11/h5-7,10,16H,4,8H2,1-3H3. The number of rotatable bonds is 6. The molecule has 2 unspecified atom stereocenters. The number of hydrogen-bond donors (Lipinski definition) is 1. The second-order valence-electron chi connectivity index (χ2n) is 4.14. The van der Waals surface area contributed by atoms with Gasteiger partial charge in [-0.25, -0.2) is 9.97 Å². The molecule has 5 heteroatoms. The van der Waals surface area contributed by atoms with Crippen molar-refractivity contribution in [2.75, 3.05) is 6.54 Å². The molecule has 0 fully saturated rings. The maximum absolute atomic E-state index is 9.18. The topological polar surface area (TPSA) is 61.6 Å². The Kier molecular flexibility index (Phi) is 5.39. The molecule has 0 radical (unpaired) electrons. The van der Waals surface area contributed by atoms with Gasteiger partial charge in [-0.05, 0) is 26.0 Å². The lowest BCUT2D eigenvalue weighted by Gasteiger charge is -2.25. The summed E-state index contributed by atoms with van der Waals surface area (Å²) in [7, 11) is 0. The van der Waals surface area contributed by atoms with Gasteiger partial charge < -0.3 is 0 Å². The third-order valence-corrected chi connectivity index (χ3v) is 3.35. The maximum atomic E-state index is 9.18. The van der Waals surface area contributed by atoms with E-state index < -0.39 is 5.54 Å². The maximum Gasteiger partial charge on any atom is 0.187 e. The van der Waals surface area contributed by atoms with Gasteiger partial charge in [0.25, 0.3) is 0 Å². The minimum absolute atomic E-state index is 0.293. The van der Waals surface area contributed by atoms with E-state index in [2.05, 4.69) is 28.3 Å². The van der Waals surface area contributed by atoms with Crippen LogP contribution in [0.2, 0.25) is 0 Å². The van der Waals surface area contributed by atoms with Crippen LogP contribution in [-0.2, 0) is 0 Å². The van der Waals surface area contributed by atoms with Crippen molar-refractivity contribution < 1.29 is 0 Å². The van der Waals surface area contributed by atoms with Gasteiger partial charge in [0.1, 0.15) is 5.54 Å². The average molecular weight is 250 g/mol. The lowest BCUT2D eigenvalue weighted by Crippen LogP contribution is -2.42. The quantitative estimate of drug-likeness (QED) is 0.619. The van der Waals surface area contributed by atoms with Crippen LogP contribution in [0.1, 0.15) is 27.2 Å². The third-order valence-electron chi connectivity index (χ3n) is 2.36. The summed E-state index contributed by atoms with van der Waals surface area (Å²) in [6.45, 7) is 6.82. The molecule has 0 aromatic carbocycles. The van der Waals surface area contributed by atoms with Crippen molar-refractivity contribution in [3.8, 4) is 6.07 Å². The van der Waals surface area contributed by atoms with Gasteiger partial charge in [-0.15, -0.1) is 0 Å². The molecule has 1 rings (SSSR count). The van der Waals surface area contributed by atoms with Gasteiger partial charge in [-0.3, -0.25) is 5.32 Å². The van der Waals surface area contributed by atoms with Crippen LogP contribution in [0.25, 0.3) is 0 Å². The largest absolute Gasteiger partial charge is 0.300 e. The molecule has 0 saturated carbocycles. The van der Waals surface area contributed by atoms with Gasteiger partial charge in [-0.1, -0.05) is 25.6 Å². The normalized spacial score (nSPS) is 15.9. The monoisotopic (exact) mass is 250 g/mol. The molecule has 0 spiro atoms. The molecule has 2 atom stereocenters. The van der Waals surface area contributed by atoms with Gasteiger partial charge in [0.05, 0.1) is 6.07 Å². The predicted molar refractivity (Wildman–Crippen MR) is 69.7 cm³/mol. The van der Waals surface area contributed by atoms with Gasteiger partial charge in [0.15, 0.2) is 5.16 Å². The summed E-state index contributed by atoms with van der Waals surface area (Å²) in [4.78, 5) is 8.34. The molecule has 1 aromatic heterocycles. The summed E-state index contributed by atoms with van der Waals surface area (Å²) < 4.78 is 0. The highest BCUT2D eigenvalue weighted by atomic mass is 32.2. The Morgan fingerprint density at radius 3 is 2.71 bits per heavy atom. The Bertz CT molecular complexity index is 376. The second-order valence-corrected chi connectivity index (χ2v) is 5.54. The summed E-state index contributed by atoms with van der Waals surface area (Å²) in [5.74, 6) is 0. The average Bonchev–Trinajstić information content (AvgIpc) is 2.30. The summed E-state index contributed by atoms with van der Waals surface area (Å²) >= 11 is 1.60. The van der Waals surface area contributed by atoms with E-state index in [0.29, 0.717) is 5.25 Å². The number of nitrogens with one attached hydrogen (secondary N) is 1. The van der Waals surface area contributed by atoms with Gasteiger partial charge in [-0.2, -0.15) is 5.26 Å². The van der Waals surface area contributed by atoms with Crippen molar-refractivity contribution in [3.63, 3.8) is 0 Å². The smallest absolute Gasteiger partial charge is 0.187 e. The third kappa shape index (κ3) is 4.72. The zero-order valence-electron chi connectivity index (χ0n) is 10.5. The Balaban J connectivity index is 2.55. The minimum Gasteiger partial charge on any atom is -0.300 e. The fourth-order valence-electron chi connectivity index (χ4n) is 1.69. The second kappa shape index (κ2) is 6.58. The molecule has 0 aliphatic rings. The SMILES string of the molecule is CCNC(C)(C#N)CC(C)Sc1ncccn1. The molecule has 0 amide bonds. The number of nitriles is 1. The number of hydrogen-bond acceptors (Lipinski definition) is 5. The number of aromatic nitrogens is 2. The van der Waals surface area contributed by atoms with Crippen LogP contribution >= 0.6 is 11.8 Å². The fourth-order valence-corrected chi connectivity index (χ4v) is 2.71. The van der Waals surface area contributed by atoms with E-state index in [1.54, 1.807) is 30.2 Å². The lowest BCUT2D eigenvalue weighted by atomic mass is 9.98. The zero-order valence-corrected chi connectivity index (χ0v) is 11.3. The van der Waals surface area contributed by atoms with Crippen molar-refractivity contribution in [3.05, 3.63) is 18.5 Å². The molecule has 0 aliphatic carbocycles. The van der Waals surface area contributed by atoms with E-state index >= 15 is 0 Å². The minimum atomic E-state index is -0.476. The lowest BCUT2D eigenvalue weighted by molar-refractivity contribution is 0.429. The predicted octanol–water partition coefficient (Wildman–Crippen LogP) is 2.24. The summed E-state index contributed by atoms with van der Waals surface area (Å²) in [5.41, 5.74) is -0.476. The molecule has 0 aliphatic heterocycles. The highest BCUT2D eigenvalue weighted by Crippen LogP contribution is 2.25. The van der Waals surface area contributed by atoms with Gasteiger partial charge >= 0.3 is 0 Å². The Hall–Kier alpha value is -1.12. The first kappa shape index (κ1) is 13.9. The van der Waals surface area contributed by atoms with Gasteiger partial charge in [0.2, 0.25) is 0 Å². The number of thioether (sulfide) groups is 1. The van der Waals surface area contributed by atoms with E-state index in [0.717, 1.165) is 18.1 Å². The molecule has 4 nitrogen and oxygen atoms in total. The summed E-state index contributed by atoms with van der Waals surface area (Å²) in [6, 6.07) is 4.13. The van der Waals surface area contributed by atoms with Crippen LogP contribution in [0.4, 0.5) is 0 Å². The first-order chi connectivity index (χ1) is 8.09. The first-order valence-electron chi connectivity index (χ1n) is 5.69. The van der Waals surface area contributed by atoms with E-state index in [-0.39, 0.29) is 0 Å². The van der Waals surface area contributed by atoms with Crippen molar-refractivity contribution in [1.82, 2.24) is 15.3 Å². The summed E-state index contributed by atoms with van der Waals surface area (Å²) in [6.07, 6.45) is 4.23. The van der Waals surface area contributed by atoms with E-state index in [4.69, 9.17) is 0 Å². The molecule has 0 saturated heterocycles. The van der Waals surface area contributed by atoms with Crippen LogP contribution in [0.15, 0.2) is 23.6 Å². The first-order valence-corrected chi connectivity index (χ1v) is 6.57. The summed E-state index contributed by atoms with van der Waals surface area (Å²) in [5, 5.41) is 13.4. The molecular weight excluding hydrogens is 232 g/mol. The molecular formula is C12H18N4S. The molecule has 17 heavy (non-hydrogen) atoms. The molecule has 1 aromatic rings. The highest BCUT2D eigenvalue weighted by molar-refractivity contribution is 7.99. The highest BCUT2D eigenvalue weighted by Gasteiger charge is 2.25. The van der Waals surface area contributed by atoms with Gasteiger partial charge in [0, 0.05) is 17.6 Å². The van der Waals surface area contributed by atoms with Crippen molar-refractivity contribution in [2.24, 2.45) is 0 Å². The Morgan fingerprint density at radius 1 is 1.53 bits per heavy atom. The molecule has 1 N–H and O–H groups in total. The Morgan fingerprint density at radius 2 is 2.18 bits per heavy atom. The number of nitrogens with zero attached hydrogens (tertiary/aromatic N) is 3. The van der Waals surface area contributed by atoms with E-state index in [9.17, 15) is 5.26 Å². The van der Waals surface area contributed by atoms with Crippen LogP contribution < -0.4 is 5.32 Å². The molecule has 92 valence electrons. The van der Waals surface area contributed by atoms with Crippen molar-refractivity contribution >= 4 is 11.8 Å².